The number of benzene rings is 2. The zero-order chi connectivity index (χ0) is 27.8. The van der Waals surface area contributed by atoms with Gasteiger partial charge in [-0.15, -0.1) is 0 Å². The Labute approximate surface area is 229 Å². The second-order valence-electron chi connectivity index (χ2n) is 9.37. The highest BCUT2D eigenvalue weighted by molar-refractivity contribution is 7.19. The van der Waals surface area contributed by atoms with Crippen LogP contribution < -0.4 is 0 Å². The summed E-state index contributed by atoms with van der Waals surface area (Å²) in [7, 11) is 1.31. The summed E-state index contributed by atoms with van der Waals surface area (Å²) in [6, 6.07) is 13.5. The zero-order valence-corrected chi connectivity index (χ0v) is 23.1. The Morgan fingerprint density at radius 2 is 1.79 bits per heavy atom. The van der Waals surface area contributed by atoms with Crippen molar-refractivity contribution in [3.05, 3.63) is 81.6 Å². The summed E-state index contributed by atoms with van der Waals surface area (Å²) < 4.78 is 6.74. The van der Waals surface area contributed by atoms with E-state index >= 15 is 0 Å². The quantitative estimate of drug-likeness (QED) is 0.242. The summed E-state index contributed by atoms with van der Waals surface area (Å²) in [5, 5.41) is 11.1. The number of aryl methyl sites for hydroxylation is 1. The van der Waals surface area contributed by atoms with Crippen LogP contribution in [0.4, 0.5) is 0 Å². The van der Waals surface area contributed by atoms with E-state index < -0.39 is 29.5 Å². The van der Waals surface area contributed by atoms with Crippen molar-refractivity contribution in [2.45, 2.75) is 26.8 Å². The van der Waals surface area contributed by atoms with Crippen LogP contribution in [0.25, 0.3) is 16.0 Å². The molecular weight excluding hydrogens is 516 g/mol. The van der Waals surface area contributed by atoms with E-state index in [0.29, 0.717) is 39.7 Å². The van der Waals surface area contributed by atoms with Crippen molar-refractivity contribution in [1.82, 2.24) is 19.2 Å². The van der Waals surface area contributed by atoms with Crippen LogP contribution in [0.5, 0.6) is 0 Å². The number of rotatable bonds is 9. The molecule has 5 rings (SSSR count). The molecule has 39 heavy (non-hydrogen) atoms. The molecule has 0 aliphatic carbocycles. The maximum Gasteiger partial charge on any atom is 0.337 e. The third-order valence-electron chi connectivity index (χ3n) is 7.34. The average Bonchev–Trinajstić information content (AvgIpc) is 3.57. The van der Waals surface area contributed by atoms with Gasteiger partial charge in [-0.3, -0.25) is 14.0 Å². The molecule has 0 saturated heterocycles. The number of aliphatic hydroxyl groups is 1. The highest BCUT2D eigenvalue weighted by atomic mass is 32.1. The number of amides is 1. The van der Waals surface area contributed by atoms with E-state index in [-0.39, 0.29) is 5.57 Å². The molecule has 10 heteroatoms. The normalized spacial score (nSPS) is 15.8. The number of fused-ring (bicyclic) bond motifs is 3. The molecule has 9 nitrogen and oxygen atoms in total. The van der Waals surface area contributed by atoms with Gasteiger partial charge in [-0.1, -0.05) is 49.4 Å². The molecular formula is C29H30N4O5S. The minimum Gasteiger partial charge on any atom is -0.503 e. The van der Waals surface area contributed by atoms with Crippen molar-refractivity contribution in [3.8, 4) is 0 Å². The monoisotopic (exact) mass is 546 g/mol. The molecule has 0 radical (unpaired) electrons. The first-order chi connectivity index (χ1) is 18.8. The molecule has 0 fully saturated rings. The predicted molar refractivity (Wildman–Crippen MR) is 149 cm³/mol. The van der Waals surface area contributed by atoms with E-state index in [9.17, 15) is 19.5 Å². The van der Waals surface area contributed by atoms with Gasteiger partial charge in [0.1, 0.15) is 0 Å². The lowest BCUT2D eigenvalue weighted by Crippen LogP contribution is -2.38. The van der Waals surface area contributed by atoms with E-state index in [1.165, 1.54) is 23.3 Å². The third kappa shape index (κ3) is 4.49. The Kier molecular flexibility index (Phi) is 7.24. The number of carbonyl (C=O) groups is 3. The van der Waals surface area contributed by atoms with Crippen LogP contribution in [-0.4, -0.2) is 75.2 Å². The fourth-order valence-corrected chi connectivity index (χ4v) is 6.26. The number of esters is 1. The first kappa shape index (κ1) is 26.6. The van der Waals surface area contributed by atoms with Gasteiger partial charge in [-0.2, -0.15) is 0 Å². The molecule has 4 aromatic rings. The number of ketones is 1. The Morgan fingerprint density at radius 1 is 1.10 bits per heavy atom. The molecule has 0 spiro atoms. The summed E-state index contributed by atoms with van der Waals surface area (Å²) in [5.74, 6) is -2.03. The van der Waals surface area contributed by atoms with Gasteiger partial charge in [0.2, 0.25) is 5.78 Å². The Morgan fingerprint density at radius 3 is 2.46 bits per heavy atom. The van der Waals surface area contributed by atoms with Crippen molar-refractivity contribution in [2.75, 3.05) is 33.3 Å². The molecule has 202 valence electrons. The van der Waals surface area contributed by atoms with Gasteiger partial charge in [0.25, 0.3) is 5.91 Å². The predicted octanol–water partition coefficient (Wildman–Crippen LogP) is 4.56. The van der Waals surface area contributed by atoms with E-state index in [2.05, 4.69) is 9.88 Å². The lowest BCUT2D eigenvalue weighted by molar-refractivity contribution is -0.129. The van der Waals surface area contributed by atoms with E-state index in [1.807, 2.05) is 49.4 Å². The SMILES string of the molecule is CCN(CC)CCN1C(=O)C(O)=C(C(=O)c2sc3nc4ccccc4n3c2C)C1c1ccc(C(=O)OC)cc1. The number of thiazole rings is 1. The minimum absolute atomic E-state index is 0.0299. The fraction of sp³-hybridized carbons (Fsp3) is 0.310. The zero-order valence-electron chi connectivity index (χ0n) is 22.3. The largest absolute Gasteiger partial charge is 0.503 e. The molecule has 1 aliphatic rings. The van der Waals surface area contributed by atoms with Crippen molar-refractivity contribution in [1.29, 1.82) is 0 Å². The summed E-state index contributed by atoms with van der Waals surface area (Å²) in [6.07, 6.45) is 0. The molecule has 2 aromatic heterocycles. The number of hydrogen-bond acceptors (Lipinski definition) is 8. The number of ether oxygens (including phenoxy) is 1. The molecule has 1 unspecified atom stereocenters. The molecule has 0 saturated carbocycles. The van der Waals surface area contributed by atoms with Crippen molar-refractivity contribution in [3.63, 3.8) is 0 Å². The summed E-state index contributed by atoms with van der Waals surface area (Å²) in [6.45, 7) is 8.46. The van der Waals surface area contributed by atoms with Crippen LogP contribution >= 0.6 is 11.3 Å². The smallest absolute Gasteiger partial charge is 0.337 e. The topological polar surface area (TPSA) is 104 Å². The molecule has 2 aromatic carbocycles. The second-order valence-corrected chi connectivity index (χ2v) is 10.3. The number of hydrogen-bond donors (Lipinski definition) is 1. The molecule has 0 bridgehead atoms. The number of Topliss-reactive ketones (excluding diaryl/α,β-unsaturated/α-hetero) is 1. The van der Waals surface area contributed by atoms with Crippen LogP contribution in [0.2, 0.25) is 0 Å². The lowest BCUT2D eigenvalue weighted by atomic mass is 9.94. The molecule has 1 N–H and O–H groups in total. The lowest BCUT2D eigenvalue weighted by Gasteiger charge is -2.29. The number of aromatic nitrogens is 2. The van der Waals surface area contributed by atoms with Gasteiger partial charge in [-0.05, 0) is 49.8 Å². The Balaban J connectivity index is 1.58. The standard InChI is InChI=1S/C29H30N4O5S/c1-5-31(6-2)15-16-32-23(18-11-13-19(14-12-18)28(37)38-4)22(25(35)27(32)36)24(34)26-17(3)33-21-10-8-7-9-20(21)30-29(33)39-26/h7-14,23,35H,5-6,15-16H2,1-4H3. The molecule has 1 atom stereocenters. The van der Waals surface area contributed by atoms with Gasteiger partial charge in [0.05, 0.1) is 40.2 Å². The fourth-order valence-electron chi connectivity index (χ4n) is 5.17. The number of para-hydroxylation sites is 2. The number of imidazole rings is 1. The van der Waals surface area contributed by atoms with Crippen LogP contribution in [0.15, 0.2) is 59.9 Å². The van der Waals surface area contributed by atoms with Gasteiger partial charge in [0.15, 0.2) is 10.7 Å². The highest BCUT2D eigenvalue weighted by Crippen LogP contribution is 2.41. The van der Waals surface area contributed by atoms with Crippen LogP contribution in [0.1, 0.15) is 51.2 Å². The van der Waals surface area contributed by atoms with Gasteiger partial charge in [-0.25, -0.2) is 9.78 Å². The Bertz CT molecular complexity index is 1610. The van der Waals surface area contributed by atoms with E-state index in [4.69, 9.17) is 4.74 Å². The van der Waals surface area contributed by atoms with E-state index in [1.54, 1.807) is 24.3 Å². The minimum atomic E-state index is -0.808. The average molecular weight is 547 g/mol. The maximum atomic E-state index is 14.1. The number of nitrogens with zero attached hydrogens (tertiary/aromatic N) is 4. The summed E-state index contributed by atoms with van der Waals surface area (Å²) in [4.78, 5) is 49.0. The van der Waals surface area contributed by atoms with Crippen molar-refractivity contribution >= 4 is 45.0 Å². The number of methoxy groups -OCH3 is 1. The maximum absolute atomic E-state index is 14.1. The van der Waals surface area contributed by atoms with Crippen molar-refractivity contribution in [2.24, 2.45) is 0 Å². The number of aliphatic hydroxyl groups excluding tert-OH is 1. The highest BCUT2D eigenvalue weighted by Gasteiger charge is 2.44. The first-order valence-electron chi connectivity index (χ1n) is 12.9. The van der Waals surface area contributed by atoms with Crippen molar-refractivity contribution < 1.29 is 24.2 Å². The summed E-state index contributed by atoms with van der Waals surface area (Å²) >= 11 is 1.24. The number of likely N-dealkylation sites (N-methyl/N-ethyl adjacent to an activating group) is 1. The third-order valence-corrected chi connectivity index (χ3v) is 8.48. The van der Waals surface area contributed by atoms with Crippen LogP contribution in [-0.2, 0) is 9.53 Å². The first-order valence-corrected chi connectivity index (χ1v) is 13.7. The van der Waals surface area contributed by atoms with E-state index in [0.717, 1.165) is 24.1 Å². The summed E-state index contributed by atoms with van der Waals surface area (Å²) in [5.41, 5.74) is 3.41. The second kappa shape index (κ2) is 10.6. The van der Waals surface area contributed by atoms with Crippen LogP contribution in [0.3, 0.4) is 0 Å². The van der Waals surface area contributed by atoms with Gasteiger partial charge < -0.3 is 19.6 Å². The molecule has 3 heterocycles. The Hall–Kier alpha value is -4.02. The van der Waals surface area contributed by atoms with Crippen LogP contribution in [0, 0.1) is 6.92 Å². The van der Waals surface area contributed by atoms with Gasteiger partial charge >= 0.3 is 5.97 Å². The molecule has 1 aliphatic heterocycles. The molecule has 1 amide bonds. The number of carbonyl (C=O) groups excluding carboxylic acids is 3. The van der Waals surface area contributed by atoms with Gasteiger partial charge in [0, 0.05) is 18.8 Å².